The molecule has 0 bridgehead atoms. The van der Waals surface area contributed by atoms with E-state index in [0.29, 0.717) is 6.54 Å². The van der Waals surface area contributed by atoms with Crippen LogP contribution >= 0.6 is 27.3 Å². The zero-order valence-electron chi connectivity index (χ0n) is 11.0. The van der Waals surface area contributed by atoms with E-state index in [-0.39, 0.29) is 5.91 Å². The van der Waals surface area contributed by atoms with Gasteiger partial charge in [0.2, 0.25) is 5.91 Å². The van der Waals surface area contributed by atoms with Crippen molar-refractivity contribution in [3.63, 3.8) is 0 Å². The van der Waals surface area contributed by atoms with Crippen LogP contribution in [0.25, 0.3) is 6.08 Å². The maximum atomic E-state index is 12.1. The van der Waals surface area contributed by atoms with Crippen molar-refractivity contribution < 1.29 is 14.7 Å². The predicted molar refractivity (Wildman–Crippen MR) is 80.2 cm³/mol. The molecule has 0 spiro atoms. The third-order valence-corrected chi connectivity index (χ3v) is 4.35. The lowest BCUT2D eigenvalue weighted by molar-refractivity contribution is -0.154. The Bertz CT molecular complexity index is 508. The first-order valence-electron chi connectivity index (χ1n) is 5.77. The number of carbonyl (C=O) groups excluding carboxylic acids is 1. The summed E-state index contributed by atoms with van der Waals surface area (Å²) in [5.41, 5.74) is -1.22. The molecule has 1 amide bonds. The molecule has 0 radical (unpaired) electrons. The minimum atomic E-state index is -1.22. The van der Waals surface area contributed by atoms with Gasteiger partial charge in [0.15, 0.2) is 0 Å². The molecule has 0 aliphatic rings. The summed E-state index contributed by atoms with van der Waals surface area (Å²) in [4.78, 5) is 25.5. The summed E-state index contributed by atoms with van der Waals surface area (Å²) in [6, 6.07) is 3.78. The van der Waals surface area contributed by atoms with E-state index < -0.39 is 11.5 Å². The second kappa shape index (κ2) is 6.34. The molecule has 6 heteroatoms. The SMILES string of the molecule is CCN(C(=O)C=Cc1ccc(Br)s1)C(C)(C)C(=O)O. The molecule has 0 unspecified atom stereocenters. The second-order valence-corrected chi connectivity index (χ2v) is 6.92. The van der Waals surface area contributed by atoms with Crippen molar-refractivity contribution in [2.45, 2.75) is 26.3 Å². The van der Waals surface area contributed by atoms with Crippen molar-refractivity contribution in [3.05, 3.63) is 26.9 Å². The summed E-state index contributed by atoms with van der Waals surface area (Å²) in [5.74, 6) is -1.32. The highest BCUT2D eigenvalue weighted by atomic mass is 79.9. The summed E-state index contributed by atoms with van der Waals surface area (Å²) in [6.45, 7) is 5.15. The first-order valence-corrected chi connectivity index (χ1v) is 7.38. The van der Waals surface area contributed by atoms with Gasteiger partial charge in [-0.2, -0.15) is 0 Å². The highest BCUT2D eigenvalue weighted by molar-refractivity contribution is 9.11. The number of carboxylic acid groups (broad SMARTS) is 1. The number of nitrogens with zero attached hydrogens (tertiary/aromatic N) is 1. The van der Waals surface area contributed by atoms with E-state index in [1.807, 2.05) is 12.1 Å². The molecule has 1 rings (SSSR count). The van der Waals surface area contributed by atoms with E-state index in [9.17, 15) is 9.59 Å². The van der Waals surface area contributed by atoms with Crippen molar-refractivity contribution in [3.8, 4) is 0 Å². The number of likely N-dealkylation sites (N-methyl/N-ethyl adjacent to an activating group) is 1. The number of thiophene rings is 1. The van der Waals surface area contributed by atoms with Crippen molar-refractivity contribution in [2.75, 3.05) is 6.54 Å². The van der Waals surface area contributed by atoms with Gasteiger partial charge in [0.05, 0.1) is 3.79 Å². The Balaban J connectivity index is 2.86. The fourth-order valence-electron chi connectivity index (χ4n) is 1.60. The Morgan fingerprint density at radius 1 is 1.47 bits per heavy atom. The van der Waals surface area contributed by atoms with Gasteiger partial charge in [-0.05, 0) is 54.9 Å². The summed E-state index contributed by atoms with van der Waals surface area (Å²) in [5, 5.41) is 9.16. The highest BCUT2D eigenvalue weighted by Crippen LogP contribution is 2.23. The van der Waals surface area contributed by atoms with E-state index in [1.54, 1.807) is 13.0 Å². The molecule has 4 nitrogen and oxygen atoms in total. The van der Waals surface area contributed by atoms with Crippen molar-refractivity contribution in [1.82, 2.24) is 4.90 Å². The molecule has 1 aromatic rings. The van der Waals surface area contributed by atoms with Crippen molar-refractivity contribution >= 4 is 45.2 Å². The van der Waals surface area contributed by atoms with Gasteiger partial charge < -0.3 is 10.0 Å². The van der Waals surface area contributed by atoms with Crippen LogP contribution in [0, 0.1) is 0 Å². The molecule has 0 aliphatic carbocycles. The standard InChI is InChI=1S/C13H16BrNO3S/c1-4-15(13(2,3)12(17)18)11(16)8-6-9-5-7-10(14)19-9/h5-8H,4H2,1-3H3,(H,17,18). The van der Waals surface area contributed by atoms with Gasteiger partial charge in [-0.1, -0.05) is 0 Å². The number of hydrogen-bond donors (Lipinski definition) is 1. The van der Waals surface area contributed by atoms with Gasteiger partial charge in [0, 0.05) is 17.5 Å². The summed E-state index contributed by atoms with van der Waals surface area (Å²) in [6.07, 6.45) is 3.10. The van der Waals surface area contributed by atoms with Gasteiger partial charge in [-0.15, -0.1) is 11.3 Å². The lowest BCUT2D eigenvalue weighted by atomic mass is 10.0. The van der Waals surface area contributed by atoms with Crippen LogP contribution in [0.5, 0.6) is 0 Å². The number of carbonyl (C=O) groups is 2. The van der Waals surface area contributed by atoms with Crippen molar-refractivity contribution in [2.24, 2.45) is 0 Å². The molecule has 1 N–H and O–H groups in total. The van der Waals surface area contributed by atoms with Gasteiger partial charge >= 0.3 is 5.97 Å². The van der Waals surface area contributed by atoms with E-state index in [4.69, 9.17) is 5.11 Å². The van der Waals surface area contributed by atoms with Crippen LogP contribution in [-0.2, 0) is 9.59 Å². The highest BCUT2D eigenvalue weighted by Gasteiger charge is 2.35. The van der Waals surface area contributed by atoms with Gasteiger partial charge in [-0.25, -0.2) is 4.79 Å². The van der Waals surface area contributed by atoms with Gasteiger partial charge in [0.1, 0.15) is 5.54 Å². The number of rotatable bonds is 5. The van der Waals surface area contributed by atoms with E-state index >= 15 is 0 Å². The Kier molecular flexibility index (Phi) is 5.31. The number of aliphatic carboxylic acids is 1. The number of hydrogen-bond acceptors (Lipinski definition) is 3. The molecule has 1 heterocycles. The largest absolute Gasteiger partial charge is 0.480 e. The van der Waals surface area contributed by atoms with E-state index in [2.05, 4.69) is 15.9 Å². The summed E-state index contributed by atoms with van der Waals surface area (Å²) >= 11 is 4.85. The molecule has 0 saturated heterocycles. The molecule has 0 saturated carbocycles. The molecule has 0 aromatic carbocycles. The van der Waals surface area contributed by atoms with Gasteiger partial charge in [-0.3, -0.25) is 4.79 Å². The predicted octanol–water partition coefficient (Wildman–Crippen LogP) is 3.24. The first kappa shape index (κ1) is 15.9. The number of halogens is 1. The molecule has 0 aliphatic heterocycles. The van der Waals surface area contributed by atoms with Crippen LogP contribution < -0.4 is 0 Å². The molecule has 1 aromatic heterocycles. The lowest BCUT2D eigenvalue weighted by Gasteiger charge is -2.33. The molecular formula is C13H16BrNO3S. The van der Waals surface area contributed by atoms with E-state index in [1.165, 1.54) is 36.2 Å². The van der Waals surface area contributed by atoms with Crippen LogP contribution in [-0.4, -0.2) is 34.0 Å². The maximum absolute atomic E-state index is 12.1. The van der Waals surface area contributed by atoms with Crippen LogP contribution in [0.4, 0.5) is 0 Å². The molecule has 0 atom stereocenters. The fourth-order valence-corrected chi connectivity index (χ4v) is 2.93. The van der Waals surface area contributed by atoms with Crippen molar-refractivity contribution in [1.29, 1.82) is 0 Å². The average molecular weight is 346 g/mol. The zero-order chi connectivity index (χ0) is 14.6. The molecular weight excluding hydrogens is 330 g/mol. The third kappa shape index (κ3) is 3.91. The lowest BCUT2D eigenvalue weighted by Crippen LogP contribution is -2.52. The number of carboxylic acids is 1. The van der Waals surface area contributed by atoms with Crippen LogP contribution in [0.1, 0.15) is 25.6 Å². The van der Waals surface area contributed by atoms with E-state index in [0.717, 1.165) is 8.66 Å². The monoisotopic (exact) mass is 345 g/mol. The Morgan fingerprint density at radius 2 is 2.11 bits per heavy atom. The molecule has 19 heavy (non-hydrogen) atoms. The second-order valence-electron chi connectivity index (χ2n) is 4.42. The van der Waals surface area contributed by atoms with Crippen LogP contribution in [0.3, 0.4) is 0 Å². The minimum absolute atomic E-state index is 0.306. The summed E-state index contributed by atoms with van der Waals surface area (Å²) < 4.78 is 0.984. The first-order chi connectivity index (χ1) is 8.78. The molecule has 0 fully saturated rings. The summed E-state index contributed by atoms with van der Waals surface area (Å²) in [7, 11) is 0. The Morgan fingerprint density at radius 3 is 2.53 bits per heavy atom. The normalized spacial score (nSPS) is 11.8. The van der Waals surface area contributed by atoms with Crippen LogP contribution in [0.2, 0.25) is 0 Å². The Hall–Kier alpha value is -1.14. The van der Waals surface area contributed by atoms with Gasteiger partial charge in [0.25, 0.3) is 0 Å². The average Bonchev–Trinajstić information content (AvgIpc) is 2.73. The topological polar surface area (TPSA) is 57.6 Å². The minimum Gasteiger partial charge on any atom is -0.480 e. The number of amides is 1. The maximum Gasteiger partial charge on any atom is 0.329 e. The Labute approximate surface area is 124 Å². The quantitative estimate of drug-likeness (QED) is 0.833. The fraction of sp³-hybridized carbons (Fsp3) is 0.385. The van der Waals surface area contributed by atoms with Crippen LogP contribution in [0.15, 0.2) is 22.0 Å². The smallest absolute Gasteiger partial charge is 0.329 e. The third-order valence-electron chi connectivity index (χ3n) is 2.76. The zero-order valence-corrected chi connectivity index (χ0v) is 13.4. The molecule has 104 valence electrons.